The SMILES string of the molecule is Cc1cc(Cl)nc2cc3c(cc12)OC(C)(C)[C@H](O)[C@H]3NC(=O)OCCc1ccc(F)cc1. The van der Waals surface area contributed by atoms with Gasteiger partial charge in [-0.3, -0.25) is 0 Å². The first-order valence-corrected chi connectivity index (χ1v) is 10.7. The normalized spacial score (nSPS) is 19.2. The van der Waals surface area contributed by atoms with Gasteiger partial charge in [0.05, 0.1) is 18.2 Å². The zero-order chi connectivity index (χ0) is 23.0. The summed E-state index contributed by atoms with van der Waals surface area (Å²) in [5.41, 5.74) is 2.08. The Morgan fingerprint density at radius 2 is 2.00 bits per heavy atom. The van der Waals surface area contributed by atoms with Crippen molar-refractivity contribution in [3.63, 3.8) is 0 Å². The highest BCUT2D eigenvalue weighted by Crippen LogP contribution is 2.42. The molecule has 2 N–H and O–H groups in total. The van der Waals surface area contributed by atoms with Crippen LogP contribution in [0.5, 0.6) is 5.75 Å². The molecule has 4 rings (SSSR count). The summed E-state index contributed by atoms with van der Waals surface area (Å²) in [5.74, 6) is 0.234. The Balaban J connectivity index is 1.55. The summed E-state index contributed by atoms with van der Waals surface area (Å²) in [4.78, 5) is 16.9. The van der Waals surface area contributed by atoms with E-state index in [9.17, 15) is 14.3 Å². The van der Waals surface area contributed by atoms with Gasteiger partial charge in [-0.1, -0.05) is 23.7 Å². The standard InChI is InChI=1S/C24H24ClFN2O4/c1-13-10-20(25)27-18-11-17-19(12-16(13)18)32-24(2,3)22(29)21(17)28-23(30)31-9-8-14-4-6-15(26)7-5-14/h4-7,10-12,21-22,29H,8-9H2,1-3H3,(H,28,30)/t21-,22+/m0/s1. The number of carbonyl (C=O) groups excluding carboxylic acids is 1. The maximum atomic E-state index is 13.0. The Morgan fingerprint density at radius 3 is 2.72 bits per heavy atom. The second kappa shape index (κ2) is 8.56. The number of aliphatic hydroxyl groups is 1. The average Bonchev–Trinajstić information content (AvgIpc) is 2.72. The van der Waals surface area contributed by atoms with E-state index in [1.54, 1.807) is 38.1 Å². The van der Waals surface area contributed by atoms with Crippen molar-refractivity contribution in [2.75, 3.05) is 6.61 Å². The van der Waals surface area contributed by atoms with Crippen molar-refractivity contribution in [2.24, 2.45) is 0 Å². The predicted molar refractivity (Wildman–Crippen MR) is 120 cm³/mol. The van der Waals surface area contributed by atoms with Crippen LogP contribution in [0.2, 0.25) is 5.15 Å². The Kier molecular flexibility index (Phi) is 5.97. The van der Waals surface area contributed by atoms with E-state index in [-0.39, 0.29) is 12.4 Å². The molecule has 2 heterocycles. The number of pyridine rings is 1. The fourth-order valence-electron chi connectivity index (χ4n) is 3.88. The number of rotatable bonds is 4. The lowest BCUT2D eigenvalue weighted by Crippen LogP contribution is -2.53. The third-order valence-corrected chi connectivity index (χ3v) is 5.86. The number of aliphatic hydroxyl groups excluding tert-OH is 1. The van der Waals surface area contributed by atoms with Crippen molar-refractivity contribution >= 4 is 28.6 Å². The molecule has 32 heavy (non-hydrogen) atoms. The molecule has 3 aromatic rings. The molecule has 1 aliphatic heterocycles. The Labute approximate surface area is 190 Å². The molecule has 0 bridgehead atoms. The first-order chi connectivity index (χ1) is 15.1. The first-order valence-electron chi connectivity index (χ1n) is 10.3. The molecule has 0 spiro atoms. The number of halogens is 2. The zero-order valence-electron chi connectivity index (χ0n) is 18.0. The van der Waals surface area contributed by atoms with Crippen LogP contribution < -0.4 is 10.1 Å². The van der Waals surface area contributed by atoms with Crippen LogP contribution in [0.25, 0.3) is 10.9 Å². The van der Waals surface area contributed by atoms with Gasteiger partial charge in [0.2, 0.25) is 0 Å². The number of amides is 1. The third kappa shape index (κ3) is 4.49. The third-order valence-electron chi connectivity index (χ3n) is 5.66. The van der Waals surface area contributed by atoms with Gasteiger partial charge < -0.3 is 19.9 Å². The van der Waals surface area contributed by atoms with Gasteiger partial charge in [0, 0.05) is 17.4 Å². The van der Waals surface area contributed by atoms with Gasteiger partial charge in [-0.25, -0.2) is 14.2 Å². The van der Waals surface area contributed by atoms with Gasteiger partial charge in [0.15, 0.2) is 0 Å². The molecular weight excluding hydrogens is 435 g/mol. The molecule has 1 aromatic heterocycles. The number of nitrogens with one attached hydrogen (secondary N) is 1. The first kappa shape index (κ1) is 22.3. The number of nitrogens with zero attached hydrogens (tertiary/aromatic N) is 1. The Morgan fingerprint density at radius 1 is 1.28 bits per heavy atom. The minimum absolute atomic E-state index is 0.112. The van der Waals surface area contributed by atoms with Crippen LogP contribution in [-0.2, 0) is 11.2 Å². The fourth-order valence-corrected chi connectivity index (χ4v) is 4.14. The zero-order valence-corrected chi connectivity index (χ0v) is 18.7. The highest BCUT2D eigenvalue weighted by Gasteiger charge is 2.44. The predicted octanol–water partition coefficient (Wildman–Crippen LogP) is 4.88. The van der Waals surface area contributed by atoms with E-state index in [1.165, 1.54) is 12.1 Å². The van der Waals surface area contributed by atoms with Gasteiger partial charge in [0.25, 0.3) is 0 Å². The lowest BCUT2D eigenvalue weighted by Gasteiger charge is -2.42. The van der Waals surface area contributed by atoms with Gasteiger partial charge in [-0.2, -0.15) is 0 Å². The van der Waals surface area contributed by atoms with Crippen molar-refractivity contribution in [1.29, 1.82) is 0 Å². The van der Waals surface area contributed by atoms with Crippen LogP contribution in [-0.4, -0.2) is 34.5 Å². The topological polar surface area (TPSA) is 80.7 Å². The summed E-state index contributed by atoms with van der Waals surface area (Å²) in [6.07, 6.45) is -1.26. The van der Waals surface area contributed by atoms with Crippen molar-refractivity contribution < 1.29 is 23.8 Å². The molecule has 0 saturated heterocycles. The van der Waals surface area contributed by atoms with Crippen LogP contribution in [0.15, 0.2) is 42.5 Å². The second-order valence-electron chi connectivity index (χ2n) is 8.45. The molecular formula is C24H24ClFN2O4. The monoisotopic (exact) mass is 458 g/mol. The lowest BCUT2D eigenvalue weighted by molar-refractivity contribution is -0.0635. The van der Waals surface area contributed by atoms with Crippen LogP contribution in [0.1, 0.15) is 36.6 Å². The lowest BCUT2D eigenvalue weighted by atomic mass is 9.86. The smallest absolute Gasteiger partial charge is 0.407 e. The molecule has 0 aliphatic carbocycles. The maximum Gasteiger partial charge on any atom is 0.407 e. The number of fused-ring (bicyclic) bond motifs is 2. The largest absolute Gasteiger partial charge is 0.485 e. The number of ether oxygens (including phenoxy) is 2. The van der Waals surface area contributed by atoms with E-state index in [4.69, 9.17) is 21.1 Å². The quantitative estimate of drug-likeness (QED) is 0.545. The molecule has 0 fully saturated rings. The molecule has 0 unspecified atom stereocenters. The molecule has 168 valence electrons. The Hall–Kier alpha value is -2.90. The van der Waals surface area contributed by atoms with Gasteiger partial charge >= 0.3 is 6.09 Å². The summed E-state index contributed by atoms with van der Waals surface area (Å²) < 4.78 is 24.4. The molecule has 1 aliphatic rings. The highest BCUT2D eigenvalue weighted by molar-refractivity contribution is 6.29. The fraction of sp³-hybridized carbons (Fsp3) is 0.333. The van der Waals surface area contributed by atoms with E-state index in [2.05, 4.69) is 10.3 Å². The highest BCUT2D eigenvalue weighted by atomic mass is 35.5. The summed E-state index contributed by atoms with van der Waals surface area (Å²) in [5, 5.41) is 14.9. The number of hydrogen-bond acceptors (Lipinski definition) is 5. The van der Waals surface area contributed by atoms with E-state index in [0.29, 0.717) is 28.4 Å². The molecule has 0 saturated carbocycles. The summed E-state index contributed by atoms with van der Waals surface area (Å²) in [7, 11) is 0. The molecule has 8 heteroatoms. The molecule has 6 nitrogen and oxygen atoms in total. The maximum absolute atomic E-state index is 13.0. The average molecular weight is 459 g/mol. The second-order valence-corrected chi connectivity index (χ2v) is 8.84. The van der Waals surface area contributed by atoms with Crippen molar-refractivity contribution in [1.82, 2.24) is 10.3 Å². The van der Waals surface area contributed by atoms with E-state index in [1.807, 2.05) is 13.0 Å². The summed E-state index contributed by atoms with van der Waals surface area (Å²) >= 11 is 6.12. The number of hydrogen-bond donors (Lipinski definition) is 2. The minimum Gasteiger partial charge on any atom is -0.485 e. The van der Waals surface area contributed by atoms with Gasteiger partial charge in [-0.05, 0) is 62.2 Å². The van der Waals surface area contributed by atoms with E-state index in [0.717, 1.165) is 16.5 Å². The number of carbonyl (C=O) groups is 1. The van der Waals surface area contributed by atoms with Crippen molar-refractivity contribution in [3.05, 3.63) is 70.1 Å². The molecule has 2 aromatic carbocycles. The van der Waals surface area contributed by atoms with Crippen LogP contribution in [0, 0.1) is 12.7 Å². The van der Waals surface area contributed by atoms with Crippen LogP contribution in [0.3, 0.4) is 0 Å². The van der Waals surface area contributed by atoms with Gasteiger partial charge in [-0.15, -0.1) is 0 Å². The Bertz CT molecular complexity index is 1170. The van der Waals surface area contributed by atoms with E-state index >= 15 is 0 Å². The molecule has 0 radical (unpaired) electrons. The van der Waals surface area contributed by atoms with Crippen molar-refractivity contribution in [3.8, 4) is 5.75 Å². The van der Waals surface area contributed by atoms with E-state index < -0.39 is 23.8 Å². The minimum atomic E-state index is -1.03. The summed E-state index contributed by atoms with van der Waals surface area (Å²) in [6, 6.07) is 10.6. The molecule has 2 atom stereocenters. The van der Waals surface area contributed by atoms with Crippen LogP contribution in [0.4, 0.5) is 9.18 Å². The van der Waals surface area contributed by atoms with Crippen molar-refractivity contribution in [2.45, 2.75) is 44.9 Å². The van der Waals surface area contributed by atoms with Gasteiger partial charge in [0.1, 0.15) is 28.4 Å². The molecule has 1 amide bonds. The number of aromatic nitrogens is 1. The number of benzene rings is 2. The number of alkyl carbamates (subject to hydrolysis) is 1. The van der Waals surface area contributed by atoms with Crippen LogP contribution >= 0.6 is 11.6 Å². The number of aryl methyl sites for hydroxylation is 1. The summed E-state index contributed by atoms with van der Waals surface area (Å²) in [6.45, 7) is 5.55.